The van der Waals surface area contributed by atoms with E-state index < -0.39 is 23.6 Å². The van der Waals surface area contributed by atoms with Gasteiger partial charge in [-0.25, -0.2) is 0 Å². The number of benzene rings is 1. The van der Waals surface area contributed by atoms with Crippen molar-refractivity contribution in [3.63, 3.8) is 0 Å². The number of carbonyl (C=O) groups excluding carboxylic acids is 2. The van der Waals surface area contributed by atoms with Crippen molar-refractivity contribution in [1.29, 1.82) is 0 Å². The Bertz CT molecular complexity index is 542. The van der Waals surface area contributed by atoms with Gasteiger partial charge in [0.1, 0.15) is 0 Å². The molecule has 20 heavy (non-hydrogen) atoms. The van der Waals surface area contributed by atoms with E-state index in [-0.39, 0.29) is 24.6 Å². The van der Waals surface area contributed by atoms with Crippen LogP contribution in [0.4, 0.5) is 18.9 Å². The molecule has 1 saturated heterocycles. The lowest BCUT2D eigenvalue weighted by Gasteiger charge is -2.18. The minimum absolute atomic E-state index is 0.0345. The molecule has 1 aromatic carbocycles. The highest BCUT2D eigenvalue weighted by molar-refractivity contribution is 5.99. The molecule has 0 spiro atoms. The van der Waals surface area contributed by atoms with Gasteiger partial charge >= 0.3 is 12.1 Å². The molecule has 1 fully saturated rings. The Morgan fingerprint density at radius 1 is 1.40 bits per heavy atom. The van der Waals surface area contributed by atoms with E-state index in [2.05, 4.69) is 4.74 Å². The van der Waals surface area contributed by atoms with E-state index in [1.807, 2.05) is 0 Å². The fourth-order valence-electron chi connectivity index (χ4n) is 2.13. The van der Waals surface area contributed by atoms with Gasteiger partial charge in [0.15, 0.2) is 0 Å². The topological polar surface area (TPSA) is 46.6 Å². The third kappa shape index (κ3) is 2.76. The van der Waals surface area contributed by atoms with Crippen LogP contribution in [0.25, 0.3) is 0 Å². The molecule has 0 unspecified atom stereocenters. The maximum atomic E-state index is 12.6. The van der Waals surface area contributed by atoms with Crippen LogP contribution in [0.1, 0.15) is 12.0 Å². The van der Waals surface area contributed by atoms with E-state index in [0.717, 1.165) is 12.1 Å². The number of hydrogen-bond acceptors (Lipinski definition) is 3. The summed E-state index contributed by atoms with van der Waals surface area (Å²) in [6.07, 6.45) is -4.52. The van der Waals surface area contributed by atoms with Crippen molar-refractivity contribution < 1.29 is 27.5 Å². The summed E-state index contributed by atoms with van der Waals surface area (Å²) >= 11 is 0. The standard InChI is InChI=1S/C13H12F3NO3/c1-20-12(19)8-5-11(18)17(7-8)10-4-2-3-9(6-10)13(14,15)16/h2-4,6,8H,5,7H2,1H3/t8-/m1/s1. The van der Waals surface area contributed by atoms with Crippen LogP contribution < -0.4 is 4.90 Å². The maximum absolute atomic E-state index is 12.6. The van der Waals surface area contributed by atoms with Crippen LogP contribution in [-0.4, -0.2) is 25.5 Å². The van der Waals surface area contributed by atoms with Crippen molar-refractivity contribution in [2.75, 3.05) is 18.6 Å². The number of alkyl halides is 3. The first kappa shape index (κ1) is 14.4. The highest BCUT2D eigenvalue weighted by Gasteiger charge is 2.37. The summed E-state index contributed by atoms with van der Waals surface area (Å²) in [5.74, 6) is -1.56. The number of rotatable bonds is 2. The second-order valence-corrected chi connectivity index (χ2v) is 4.48. The summed E-state index contributed by atoms with van der Waals surface area (Å²) in [6.45, 7) is 0.0345. The van der Waals surface area contributed by atoms with Crippen LogP contribution in [0.15, 0.2) is 24.3 Å². The van der Waals surface area contributed by atoms with Gasteiger partial charge in [-0.1, -0.05) is 6.07 Å². The van der Waals surface area contributed by atoms with Crippen molar-refractivity contribution in [2.45, 2.75) is 12.6 Å². The molecule has 7 heteroatoms. The SMILES string of the molecule is COC(=O)[C@@H]1CC(=O)N(c2cccc(C(F)(F)F)c2)C1. The van der Waals surface area contributed by atoms with Crippen LogP contribution in [0.5, 0.6) is 0 Å². The molecule has 4 nitrogen and oxygen atoms in total. The van der Waals surface area contributed by atoms with Gasteiger partial charge in [-0.05, 0) is 18.2 Å². The number of esters is 1. The summed E-state index contributed by atoms with van der Waals surface area (Å²) in [5.41, 5.74) is -0.694. The highest BCUT2D eigenvalue weighted by atomic mass is 19.4. The fraction of sp³-hybridized carbons (Fsp3) is 0.385. The van der Waals surface area contributed by atoms with Gasteiger partial charge < -0.3 is 9.64 Å². The summed E-state index contributed by atoms with van der Waals surface area (Å²) in [5, 5.41) is 0. The zero-order valence-electron chi connectivity index (χ0n) is 10.6. The molecule has 0 saturated carbocycles. The quantitative estimate of drug-likeness (QED) is 0.784. The first-order valence-electron chi connectivity index (χ1n) is 5.88. The van der Waals surface area contributed by atoms with Crippen molar-refractivity contribution in [3.05, 3.63) is 29.8 Å². The number of carbonyl (C=O) groups is 2. The predicted molar refractivity (Wildman–Crippen MR) is 63.9 cm³/mol. The lowest BCUT2D eigenvalue weighted by molar-refractivity contribution is -0.145. The number of ether oxygens (including phenoxy) is 1. The molecule has 1 aromatic rings. The van der Waals surface area contributed by atoms with Crippen LogP contribution in [0, 0.1) is 5.92 Å². The zero-order chi connectivity index (χ0) is 14.9. The van der Waals surface area contributed by atoms with Crippen molar-refractivity contribution in [1.82, 2.24) is 0 Å². The lowest BCUT2D eigenvalue weighted by Crippen LogP contribution is -2.26. The molecule has 0 N–H and O–H groups in total. The highest BCUT2D eigenvalue weighted by Crippen LogP contribution is 2.33. The molecule has 1 atom stereocenters. The monoisotopic (exact) mass is 287 g/mol. The fourth-order valence-corrected chi connectivity index (χ4v) is 2.13. The predicted octanol–water partition coefficient (Wildman–Crippen LogP) is 2.23. The second-order valence-electron chi connectivity index (χ2n) is 4.48. The minimum atomic E-state index is -4.47. The van der Waals surface area contributed by atoms with Crippen LogP contribution in [-0.2, 0) is 20.5 Å². The summed E-state index contributed by atoms with van der Waals surface area (Å²) < 4.78 is 42.4. The van der Waals surface area contributed by atoms with Gasteiger partial charge in [0.25, 0.3) is 0 Å². The number of anilines is 1. The van der Waals surface area contributed by atoms with E-state index in [1.165, 1.54) is 24.1 Å². The normalized spacial score (nSPS) is 19.3. The molecule has 108 valence electrons. The summed E-state index contributed by atoms with van der Waals surface area (Å²) in [7, 11) is 1.21. The van der Waals surface area contributed by atoms with E-state index in [4.69, 9.17) is 0 Å². The number of amides is 1. The molecule has 0 radical (unpaired) electrons. The molecule has 1 heterocycles. The molecule has 1 amide bonds. The Labute approximate surface area is 113 Å². The number of hydrogen-bond donors (Lipinski definition) is 0. The third-order valence-corrected chi connectivity index (χ3v) is 3.14. The first-order valence-corrected chi connectivity index (χ1v) is 5.88. The number of nitrogens with zero attached hydrogens (tertiary/aromatic N) is 1. The van der Waals surface area contributed by atoms with Crippen molar-refractivity contribution in [3.8, 4) is 0 Å². The number of halogens is 3. The second kappa shape index (κ2) is 5.15. The van der Waals surface area contributed by atoms with Crippen molar-refractivity contribution >= 4 is 17.6 Å². The molecule has 2 rings (SSSR count). The van der Waals surface area contributed by atoms with Crippen LogP contribution >= 0.6 is 0 Å². The van der Waals surface area contributed by atoms with Gasteiger partial charge in [0.2, 0.25) is 5.91 Å². The molecule has 1 aliphatic rings. The Kier molecular flexibility index (Phi) is 3.69. The summed E-state index contributed by atoms with van der Waals surface area (Å²) in [6, 6.07) is 4.48. The van der Waals surface area contributed by atoms with Crippen LogP contribution in [0.2, 0.25) is 0 Å². The Morgan fingerprint density at radius 3 is 2.70 bits per heavy atom. The zero-order valence-corrected chi connectivity index (χ0v) is 10.6. The Hall–Kier alpha value is -2.05. The Morgan fingerprint density at radius 2 is 2.10 bits per heavy atom. The van der Waals surface area contributed by atoms with E-state index in [0.29, 0.717) is 0 Å². The molecule has 1 aliphatic heterocycles. The summed E-state index contributed by atoms with van der Waals surface area (Å²) in [4.78, 5) is 24.4. The van der Waals surface area contributed by atoms with E-state index >= 15 is 0 Å². The average molecular weight is 287 g/mol. The van der Waals surface area contributed by atoms with Gasteiger partial charge in [0.05, 0.1) is 18.6 Å². The van der Waals surface area contributed by atoms with Gasteiger partial charge in [-0.15, -0.1) is 0 Å². The van der Waals surface area contributed by atoms with Gasteiger partial charge in [-0.2, -0.15) is 13.2 Å². The third-order valence-electron chi connectivity index (χ3n) is 3.14. The lowest BCUT2D eigenvalue weighted by atomic mass is 10.1. The molecular weight excluding hydrogens is 275 g/mol. The van der Waals surface area contributed by atoms with Crippen molar-refractivity contribution in [2.24, 2.45) is 5.92 Å². The van der Waals surface area contributed by atoms with E-state index in [1.54, 1.807) is 0 Å². The molecule has 0 aliphatic carbocycles. The van der Waals surface area contributed by atoms with Gasteiger partial charge in [0, 0.05) is 18.7 Å². The average Bonchev–Trinajstić information content (AvgIpc) is 2.79. The number of methoxy groups -OCH3 is 1. The molecule has 0 bridgehead atoms. The largest absolute Gasteiger partial charge is 0.469 e. The van der Waals surface area contributed by atoms with Gasteiger partial charge in [-0.3, -0.25) is 9.59 Å². The minimum Gasteiger partial charge on any atom is -0.469 e. The van der Waals surface area contributed by atoms with E-state index in [9.17, 15) is 22.8 Å². The smallest absolute Gasteiger partial charge is 0.416 e. The molecular formula is C13H12F3NO3. The first-order chi connectivity index (χ1) is 9.32. The maximum Gasteiger partial charge on any atom is 0.416 e. The molecule has 0 aromatic heterocycles. The Balaban J connectivity index is 2.24. The van der Waals surface area contributed by atoms with Crippen LogP contribution in [0.3, 0.4) is 0 Å².